The molecule has 26 heavy (non-hydrogen) atoms. The standard InChI is InChI=1S/C20H22N4OS/c25-19(16-6-2-1-3-7-16)21-10-11-23-12-14-24(15-13-23)20-22-17-8-4-5-9-18(17)26-20/h1-9H,10-15H2,(H,21,25). The van der Waals surface area contributed by atoms with Crippen molar-refractivity contribution >= 4 is 32.6 Å². The summed E-state index contributed by atoms with van der Waals surface area (Å²) in [4.78, 5) is 21.6. The van der Waals surface area contributed by atoms with Crippen LogP contribution in [0.15, 0.2) is 54.6 Å². The van der Waals surface area contributed by atoms with Crippen LogP contribution in [0.5, 0.6) is 0 Å². The predicted molar refractivity (Wildman–Crippen MR) is 107 cm³/mol. The van der Waals surface area contributed by atoms with Crippen LogP contribution in [0.1, 0.15) is 10.4 Å². The van der Waals surface area contributed by atoms with E-state index in [-0.39, 0.29) is 5.91 Å². The lowest BCUT2D eigenvalue weighted by Crippen LogP contribution is -2.48. The van der Waals surface area contributed by atoms with E-state index in [9.17, 15) is 4.79 Å². The summed E-state index contributed by atoms with van der Waals surface area (Å²) in [6, 6.07) is 17.7. The van der Waals surface area contributed by atoms with E-state index in [0.29, 0.717) is 12.1 Å². The fraction of sp³-hybridized carbons (Fsp3) is 0.300. The minimum atomic E-state index is -0.00119. The largest absolute Gasteiger partial charge is 0.351 e. The van der Waals surface area contributed by atoms with Gasteiger partial charge in [0.2, 0.25) is 0 Å². The number of benzene rings is 2. The van der Waals surface area contributed by atoms with Crippen LogP contribution in [0.25, 0.3) is 10.2 Å². The van der Waals surface area contributed by atoms with Crippen molar-refractivity contribution in [2.24, 2.45) is 0 Å². The maximum Gasteiger partial charge on any atom is 0.251 e. The number of thiazole rings is 1. The number of nitrogens with one attached hydrogen (secondary N) is 1. The molecule has 5 nitrogen and oxygen atoms in total. The number of piperazine rings is 1. The summed E-state index contributed by atoms with van der Waals surface area (Å²) >= 11 is 1.76. The topological polar surface area (TPSA) is 48.5 Å². The molecule has 0 radical (unpaired) electrons. The zero-order chi connectivity index (χ0) is 17.8. The number of aromatic nitrogens is 1. The number of carbonyl (C=O) groups is 1. The minimum Gasteiger partial charge on any atom is -0.351 e. The molecular formula is C20H22N4OS. The van der Waals surface area contributed by atoms with Crippen molar-refractivity contribution < 1.29 is 4.79 Å². The molecule has 2 heterocycles. The molecule has 134 valence electrons. The first-order chi connectivity index (χ1) is 12.8. The second kappa shape index (κ2) is 7.85. The van der Waals surface area contributed by atoms with E-state index in [1.54, 1.807) is 11.3 Å². The van der Waals surface area contributed by atoms with Crippen LogP contribution in [-0.4, -0.2) is 55.1 Å². The Kier molecular flexibility index (Phi) is 5.13. The van der Waals surface area contributed by atoms with Gasteiger partial charge < -0.3 is 10.2 Å². The molecule has 3 aromatic rings. The van der Waals surface area contributed by atoms with E-state index in [4.69, 9.17) is 4.98 Å². The van der Waals surface area contributed by atoms with Crippen LogP contribution in [0.3, 0.4) is 0 Å². The summed E-state index contributed by atoms with van der Waals surface area (Å²) in [6.45, 7) is 5.51. The molecule has 1 saturated heterocycles. The molecule has 4 rings (SSSR count). The molecule has 0 saturated carbocycles. The quantitative estimate of drug-likeness (QED) is 0.754. The second-order valence-electron chi connectivity index (χ2n) is 6.41. The van der Waals surface area contributed by atoms with Crippen LogP contribution < -0.4 is 10.2 Å². The first-order valence-corrected chi connectivity index (χ1v) is 9.77. The fourth-order valence-electron chi connectivity index (χ4n) is 3.18. The molecule has 1 amide bonds. The number of rotatable bonds is 5. The number of para-hydroxylation sites is 1. The third-order valence-corrected chi connectivity index (χ3v) is 5.77. The van der Waals surface area contributed by atoms with E-state index >= 15 is 0 Å². The number of carbonyl (C=O) groups excluding carboxylic acids is 1. The number of hydrogen-bond donors (Lipinski definition) is 1. The highest BCUT2D eigenvalue weighted by molar-refractivity contribution is 7.22. The second-order valence-corrected chi connectivity index (χ2v) is 7.42. The number of hydrogen-bond acceptors (Lipinski definition) is 5. The highest BCUT2D eigenvalue weighted by Crippen LogP contribution is 2.28. The Balaban J connectivity index is 1.24. The number of fused-ring (bicyclic) bond motifs is 1. The van der Waals surface area contributed by atoms with E-state index in [1.807, 2.05) is 36.4 Å². The Morgan fingerprint density at radius 3 is 2.50 bits per heavy atom. The highest BCUT2D eigenvalue weighted by Gasteiger charge is 2.19. The minimum absolute atomic E-state index is 0.00119. The number of amides is 1. The molecule has 6 heteroatoms. The third kappa shape index (κ3) is 3.86. The molecule has 0 spiro atoms. The molecule has 1 aliphatic rings. The Labute approximate surface area is 157 Å². The molecule has 1 fully saturated rings. The lowest BCUT2D eigenvalue weighted by molar-refractivity contribution is 0.0948. The first kappa shape index (κ1) is 17.0. The number of anilines is 1. The lowest BCUT2D eigenvalue weighted by atomic mass is 10.2. The fourth-order valence-corrected chi connectivity index (χ4v) is 4.19. The van der Waals surface area contributed by atoms with E-state index in [2.05, 4.69) is 33.3 Å². The van der Waals surface area contributed by atoms with Gasteiger partial charge in [-0.15, -0.1) is 0 Å². The normalized spacial score (nSPS) is 15.3. The van der Waals surface area contributed by atoms with E-state index < -0.39 is 0 Å². The molecule has 1 aromatic heterocycles. The summed E-state index contributed by atoms with van der Waals surface area (Å²) in [5.74, 6) is -0.00119. The smallest absolute Gasteiger partial charge is 0.251 e. The summed E-state index contributed by atoms with van der Waals surface area (Å²) in [6.07, 6.45) is 0. The van der Waals surface area contributed by atoms with Gasteiger partial charge in [-0.3, -0.25) is 9.69 Å². The molecular weight excluding hydrogens is 344 g/mol. The molecule has 2 aromatic carbocycles. The van der Waals surface area contributed by atoms with Gasteiger partial charge in [-0.25, -0.2) is 4.98 Å². The Bertz CT molecular complexity index is 839. The molecule has 0 bridgehead atoms. The van der Waals surface area contributed by atoms with Crippen LogP contribution in [0.2, 0.25) is 0 Å². The average Bonchev–Trinajstić information content (AvgIpc) is 3.13. The van der Waals surface area contributed by atoms with Crippen molar-refractivity contribution in [3.63, 3.8) is 0 Å². The molecule has 0 atom stereocenters. The van der Waals surface area contributed by atoms with E-state index in [0.717, 1.165) is 43.4 Å². The van der Waals surface area contributed by atoms with Gasteiger partial charge in [0.25, 0.3) is 5.91 Å². The van der Waals surface area contributed by atoms with Crippen molar-refractivity contribution in [3.05, 3.63) is 60.2 Å². The number of nitrogens with zero attached hydrogens (tertiary/aromatic N) is 3. The van der Waals surface area contributed by atoms with Gasteiger partial charge in [-0.2, -0.15) is 0 Å². The highest BCUT2D eigenvalue weighted by atomic mass is 32.1. The van der Waals surface area contributed by atoms with Crippen LogP contribution in [0.4, 0.5) is 5.13 Å². The van der Waals surface area contributed by atoms with Crippen molar-refractivity contribution in [1.29, 1.82) is 0 Å². The van der Waals surface area contributed by atoms with Crippen molar-refractivity contribution in [1.82, 2.24) is 15.2 Å². The predicted octanol–water partition coefficient (Wildman–Crippen LogP) is 2.85. The van der Waals surface area contributed by atoms with Crippen LogP contribution in [0, 0.1) is 0 Å². The molecule has 0 aliphatic carbocycles. The van der Waals surface area contributed by atoms with Crippen molar-refractivity contribution in [3.8, 4) is 0 Å². The summed E-state index contributed by atoms with van der Waals surface area (Å²) in [7, 11) is 0. The SMILES string of the molecule is O=C(NCCN1CCN(c2nc3ccccc3s2)CC1)c1ccccc1. The average molecular weight is 366 g/mol. The molecule has 1 aliphatic heterocycles. The zero-order valence-corrected chi connectivity index (χ0v) is 15.4. The third-order valence-electron chi connectivity index (χ3n) is 4.67. The maximum absolute atomic E-state index is 12.1. The Morgan fingerprint density at radius 1 is 1.00 bits per heavy atom. The van der Waals surface area contributed by atoms with Gasteiger partial charge in [-0.1, -0.05) is 41.7 Å². The van der Waals surface area contributed by atoms with Gasteiger partial charge in [0, 0.05) is 44.8 Å². The van der Waals surface area contributed by atoms with Crippen molar-refractivity contribution in [2.75, 3.05) is 44.2 Å². The van der Waals surface area contributed by atoms with Gasteiger partial charge in [0.15, 0.2) is 5.13 Å². The molecule has 1 N–H and O–H groups in total. The Morgan fingerprint density at radius 2 is 1.73 bits per heavy atom. The summed E-state index contributed by atoms with van der Waals surface area (Å²) < 4.78 is 1.24. The lowest BCUT2D eigenvalue weighted by Gasteiger charge is -2.34. The van der Waals surface area contributed by atoms with Crippen LogP contribution in [-0.2, 0) is 0 Å². The maximum atomic E-state index is 12.1. The van der Waals surface area contributed by atoms with Gasteiger partial charge in [0.05, 0.1) is 10.2 Å². The van der Waals surface area contributed by atoms with Gasteiger partial charge >= 0.3 is 0 Å². The van der Waals surface area contributed by atoms with Gasteiger partial charge in [0.1, 0.15) is 0 Å². The first-order valence-electron chi connectivity index (χ1n) is 8.96. The zero-order valence-electron chi connectivity index (χ0n) is 14.6. The molecule has 0 unspecified atom stereocenters. The van der Waals surface area contributed by atoms with Gasteiger partial charge in [-0.05, 0) is 24.3 Å². The summed E-state index contributed by atoms with van der Waals surface area (Å²) in [5.41, 5.74) is 1.80. The van der Waals surface area contributed by atoms with Crippen LogP contribution >= 0.6 is 11.3 Å². The monoisotopic (exact) mass is 366 g/mol. The van der Waals surface area contributed by atoms with Crippen molar-refractivity contribution in [2.45, 2.75) is 0 Å². The summed E-state index contributed by atoms with van der Waals surface area (Å²) in [5, 5.41) is 4.12. The Hall–Kier alpha value is -2.44. The van der Waals surface area contributed by atoms with E-state index in [1.165, 1.54) is 4.70 Å².